The largest absolute Gasteiger partial charge is 0.351 e. The van der Waals surface area contributed by atoms with Crippen molar-refractivity contribution >= 4 is 34.8 Å². The van der Waals surface area contributed by atoms with E-state index in [-0.39, 0.29) is 17.9 Å². The van der Waals surface area contributed by atoms with Gasteiger partial charge in [-0.2, -0.15) is 5.10 Å². The number of halogens is 1. The number of aromatic nitrogens is 2. The molecule has 0 radical (unpaired) electrons. The van der Waals surface area contributed by atoms with E-state index in [4.69, 9.17) is 11.6 Å². The molecule has 1 atom stereocenters. The molecule has 3 aromatic rings. The Bertz CT molecular complexity index is 1150. The highest BCUT2D eigenvalue weighted by molar-refractivity contribution is 7.13. The zero-order chi connectivity index (χ0) is 22.3. The number of amides is 2. The Labute approximate surface area is 196 Å². The Kier molecular flexibility index (Phi) is 5.55. The SMILES string of the molecule is C[C@@]1(C(=O)NC2CCCC2)Cn2nc(-c3cccs3)cc2C(=O)N1Cc1cccc(Cl)c1. The van der Waals surface area contributed by atoms with Gasteiger partial charge in [-0.25, -0.2) is 0 Å². The number of hydrogen-bond donors (Lipinski definition) is 1. The number of thiophene rings is 1. The summed E-state index contributed by atoms with van der Waals surface area (Å²) in [6.45, 7) is 2.45. The third-order valence-electron chi connectivity index (χ3n) is 6.48. The molecule has 166 valence electrons. The Balaban J connectivity index is 1.52. The highest BCUT2D eigenvalue weighted by Gasteiger charge is 2.48. The highest BCUT2D eigenvalue weighted by Crippen LogP contribution is 2.33. The van der Waals surface area contributed by atoms with Crippen LogP contribution in [0, 0.1) is 0 Å². The molecule has 0 unspecified atom stereocenters. The molecule has 1 fully saturated rings. The summed E-state index contributed by atoms with van der Waals surface area (Å²) in [4.78, 5) is 29.9. The summed E-state index contributed by atoms with van der Waals surface area (Å²) < 4.78 is 1.69. The van der Waals surface area contributed by atoms with Gasteiger partial charge in [-0.1, -0.05) is 42.6 Å². The van der Waals surface area contributed by atoms with Crippen LogP contribution in [0.3, 0.4) is 0 Å². The normalized spacial score (nSPS) is 21.1. The zero-order valence-corrected chi connectivity index (χ0v) is 19.5. The standard InChI is InChI=1S/C24H25ClN4O2S/c1-24(23(31)26-18-8-2-3-9-18)15-29-20(13-19(27-29)21-10-5-11-32-21)22(30)28(24)14-16-6-4-7-17(25)12-16/h4-7,10-13,18H,2-3,8-9,14-15H2,1H3,(H,26,31)/t24-/m0/s1. The first-order valence-corrected chi connectivity index (χ1v) is 12.2. The third-order valence-corrected chi connectivity index (χ3v) is 7.61. The molecular formula is C24H25ClN4O2S. The topological polar surface area (TPSA) is 67.2 Å². The molecule has 1 aromatic carbocycles. The fraction of sp³-hybridized carbons (Fsp3) is 0.375. The minimum Gasteiger partial charge on any atom is -0.351 e. The van der Waals surface area contributed by atoms with E-state index in [1.165, 1.54) is 0 Å². The van der Waals surface area contributed by atoms with Crippen molar-refractivity contribution in [3.05, 3.63) is 64.1 Å². The molecule has 1 aliphatic heterocycles. The predicted octanol–water partition coefficient (Wildman–Crippen LogP) is 4.74. The molecule has 2 aliphatic rings. The molecule has 32 heavy (non-hydrogen) atoms. The van der Waals surface area contributed by atoms with E-state index in [1.807, 2.05) is 48.7 Å². The van der Waals surface area contributed by atoms with Crippen molar-refractivity contribution < 1.29 is 9.59 Å². The molecular weight excluding hydrogens is 444 g/mol. The van der Waals surface area contributed by atoms with Crippen LogP contribution in [-0.2, 0) is 17.9 Å². The maximum absolute atomic E-state index is 13.7. The number of nitrogens with zero attached hydrogens (tertiary/aromatic N) is 3. The molecule has 6 nitrogen and oxygen atoms in total. The van der Waals surface area contributed by atoms with Crippen LogP contribution in [0.1, 0.15) is 48.7 Å². The van der Waals surface area contributed by atoms with Gasteiger partial charge in [0, 0.05) is 17.6 Å². The molecule has 0 spiro atoms. The summed E-state index contributed by atoms with van der Waals surface area (Å²) >= 11 is 7.77. The van der Waals surface area contributed by atoms with Gasteiger partial charge in [-0.05, 0) is 55.0 Å². The van der Waals surface area contributed by atoms with E-state index in [2.05, 4.69) is 10.4 Å². The van der Waals surface area contributed by atoms with Crippen molar-refractivity contribution in [2.45, 2.75) is 57.3 Å². The van der Waals surface area contributed by atoms with Gasteiger partial charge < -0.3 is 10.2 Å². The van der Waals surface area contributed by atoms with Gasteiger partial charge in [-0.15, -0.1) is 11.3 Å². The van der Waals surface area contributed by atoms with Crippen molar-refractivity contribution in [3.8, 4) is 10.6 Å². The number of rotatable bonds is 5. The summed E-state index contributed by atoms with van der Waals surface area (Å²) in [6.07, 6.45) is 4.22. The fourth-order valence-corrected chi connectivity index (χ4v) is 5.56. The van der Waals surface area contributed by atoms with Crippen molar-refractivity contribution in [2.24, 2.45) is 0 Å². The Hall–Kier alpha value is -2.64. The predicted molar refractivity (Wildman–Crippen MR) is 126 cm³/mol. The van der Waals surface area contributed by atoms with Gasteiger partial charge in [0.1, 0.15) is 16.9 Å². The second-order valence-electron chi connectivity index (χ2n) is 8.80. The summed E-state index contributed by atoms with van der Waals surface area (Å²) in [5.74, 6) is -0.325. The van der Waals surface area contributed by atoms with E-state index in [1.54, 1.807) is 27.0 Å². The molecule has 8 heteroatoms. The van der Waals surface area contributed by atoms with Crippen LogP contribution < -0.4 is 5.32 Å². The van der Waals surface area contributed by atoms with Crippen molar-refractivity contribution in [3.63, 3.8) is 0 Å². The maximum atomic E-state index is 13.7. The van der Waals surface area contributed by atoms with Crippen LogP contribution in [-0.4, -0.2) is 38.1 Å². The van der Waals surface area contributed by atoms with Crippen molar-refractivity contribution in [1.82, 2.24) is 20.0 Å². The molecule has 2 aromatic heterocycles. The first kappa shape index (κ1) is 21.2. The lowest BCUT2D eigenvalue weighted by molar-refractivity contribution is -0.134. The summed E-state index contributed by atoms with van der Waals surface area (Å²) in [5.41, 5.74) is 1.08. The molecule has 2 amide bonds. The monoisotopic (exact) mass is 468 g/mol. The molecule has 0 saturated heterocycles. The minimum absolute atomic E-state index is 0.126. The van der Waals surface area contributed by atoms with Gasteiger partial charge in [0.2, 0.25) is 5.91 Å². The number of hydrogen-bond acceptors (Lipinski definition) is 4. The van der Waals surface area contributed by atoms with Gasteiger partial charge in [0.05, 0.1) is 11.4 Å². The summed E-state index contributed by atoms with van der Waals surface area (Å²) in [6, 6.07) is 13.4. The first-order valence-electron chi connectivity index (χ1n) is 10.9. The Morgan fingerprint density at radius 3 is 2.78 bits per heavy atom. The lowest BCUT2D eigenvalue weighted by Gasteiger charge is -2.43. The van der Waals surface area contributed by atoms with E-state index in [0.717, 1.165) is 41.8 Å². The first-order chi connectivity index (χ1) is 15.4. The number of carbonyl (C=O) groups excluding carboxylic acids is 2. The quantitative estimate of drug-likeness (QED) is 0.588. The van der Waals surface area contributed by atoms with E-state index in [0.29, 0.717) is 23.8 Å². The van der Waals surface area contributed by atoms with Gasteiger partial charge in [0.15, 0.2) is 0 Å². The van der Waals surface area contributed by atoms with Gasteiger partial charge in [0.25, 0.3) is 5.91 Å². The second-order valence-corrected chi connectivity index (χ2v) is 10.2. The van der Waals surface area contributed by atoms with E-state index in [9.17, 15) is 9.59 Å². The number of carbonyl (C=O) groups is 2. The molecule has 1 N–H and O–H groups in total. The third kappa shape index (κ3) is 3.84. The van der Waals surface area contributed by atoms with Gasteiger partial charge in [-0.3, -0.25) is 14.3 Å². The van der Waals surface area contributed by atoms with Crippen LogP contribution >= 0.6 is 22.9 Å². The molecule has 5 rings (SSSR count). The van der Waals surface area contributed by atoms with Crippen LogP contribution in [0.15, 0.2) is 47.8 Å². The van der Waals surface area contributed by atoms with E-state index >= 15 is 0 Å². The fourth-order valence-electron chi connectivity index (χ4n) is 4.66. The lowest BCUT2D eigenvalue weighted by Crippen LogP contribution is -2.64. The van der Waals surface area contributed by atoms with Crippen LogP contribution in [0.2, 0.25) is 5.02 Å². The minimum atomic E-state index is -1.06. The average Bonchev–Trinajstić information content (AvgIpc) is 3.52. The molecule has 1 aliphatic carbocycles. The Morgan fingerprint density at radius 2 is 2.06 bits per heavy atom. The second kappa shape index (κ2) is 8.37. The summed E-state index contributed by atoms with van der Waals surface area (Å²) in [5, 5.41) is 10.5. The van der Waals surface area contributed by atoms with Crippen LogP contribution in [0.5, 0.6) is 0 Å². The Morgan fingerprint density at radius 1 is 1.25 bits per heavy atom. The number of nitrogens with one attached hydrogen (secondary N) is 1. The number of fused-ring (bicyclic) bond motifs is 1. The maximum Gasteiger partial charge on any atom is 0.273 e. The van der Waals surface area contributed by atoms with E-state index < -0.39 is 5.54 Å². The molecule has 3 heterocycles. The molecule has 0 bridgehead atoms. The van der Waals surface area contributed by atoms with Crippen LogP contribution in [0.25, 0.3) is 10.6 Å². The van der Waals surface area contributed by atoms with Crippen LogP contribution in [0.4, 0.5) is 0 Å². The number of benzene rings is 1. The highest BCUT2D eigenvalue weighted by atomic mass is 35.5. The molecule has 1 saturated carbocycles. The van der Waals surface area contributed by atoms with Crippen molar-refractivity contribution in [2.75, 3.05) is 0 Å². The lowest BCUT2D eigenvalue weighted by atomic mass is 9.93. The van der Waals surface area contributed by atoms with Gasteiger partial charge >= 0.3 is 0 Å². The summed E-state index contributed by atoms with van der Waals surface area (Å²) in [7, 11) is 0. The zero-order valence-electron chi connectivity index (χ0n) is 17.9. The average molecular weight is 469 g/mol. The van der Waals surface area contributed by atoms with Crippen molar-refractivity contribution in [1.29, 1.82) is 0 Å². The smallest absolute Gasteiger partial charge is 0.273 e.